The lowest BCUT2D eigenvalue weighted by atomic mass is 10.1. The second kappa shape index (κ2) is 9.46. The molecular weight excluding hydrogens is 371 g/mol. The molecule has 9 heteroatoms. The van der Waals surface area contributed by atoms with E-state index in [0.29, 0.717) is 36.1 Å². The van der Waals surface area contributed by atoms with E-state index in [1.807, 2.05) is 13.0 Å². The summed E-state index contributed by atoms with van der Waals surface area (Å²) in [7, 11) is -3.17. The minimum absolute atomic E-state index is 0.123. The number of rotatable bonds is 8. The van der Waals surface area contributed by atoms with Crippen molar-refractivity contribution < 1.29 is 8.42 Å². The number of hydrogen-bond donors (Lipinski definition) is 2. The highest BCUT2D eigenvalue weighted by Crippen LogP contribution is 2.25. The molecule has 0 radical (unpaired) electrons. The average Bonchev–Trinajstić information content (AvgIpc) is 2.45. The third-order valence-corrected chi connectivity index (χ3v) is 5.40. The van der Waals surface area contributed by atoms with Crippen LogP contribution in [0.15, 0.2) is 23.2 Å². The molecule has 136 valence electrons. The van der Waals surface area contributed by atoms with Gasteiger partial charge in [-0.1, -0.05) is 36.2 Å². The van der Waals surface area contributed by atoms with Gasteiger partial charge in [-0.3, -0.25) is 4.99 Å². The van der Waals surface area contributed by atoms with Crippen LogP contribution >= 0.6 is 23.2 Å². The summed E-state index contributed by atoms with van der Waals surface area (Å²) in [6.45, 7) is 5.02. The number of nitrogens with zero attached hydrogens (tertiary/aromatic N) is 2. The van der Waals surface area contributed by atoms with E-state index in [-0.39, 0.29) is 12.0 Å². The molecule has 1 unspecified atom stereocenters. The van der Waals surface area contributed by atoms with Crippen LogP contribution in [-0.2, 0) is 10.0 Å². The number of sulfonamides is 1. The van der Waals surface area contributed by atoms with Gasteiger partial charge >= 0.3 is 0 Å². The Hall–Kier alpha value is -1.02. The van der Waals surface area contributed by atoms with E-state index in [2.05, 4.69) is 10.3 Å². The summed E-state index contributed by atoms with van der Waals surface area (Å²) in [6.07, 6.45) is 1.80. The molecule has 3 N–H and O–H groups in total. The maximum absolute atomic E-state index is 11.5. The van der Waals surface area contributed by atoms with Crippen LogP contribution < -0.4 is 11.1 Å². The number of benzene rings is 1. The Bertz CT molecular complexity index is 680. The van der Waals surface area contributed by atoms with Crippen molar-refractivity contribution in [2.75, 3.05) is 25.9 Å². The van der Waals surface area contributed by atoms with Crippen molar-refractivity contribution in [2.24, 2.45) is 10.7 Å². The molecule has 0 saturated heterocycles. The Kier molecular flexibility index (Phi) is 8.29. The minimum atomic E-state index is -3.17. The Balaban J connectivity index is 2.52. The highest BCUT2D eigenvalue weighted by molar-refractivity contribution is 7.88. The summed E-state index contributed by atoms with van der Waals surface area (Å²) in [5.74, 6) is 0.288. The molecule has 0 amide bonds. The molecule has 6 nitrogen and oxygen atoms in total. The maximum atomic E-state index is 11.5. The second-order valence-corrected chi connectivity index (χ2v) is 8.23. The van der Waals surface area contributed by atoms with Crippen molar-refractivity contribution >= 4 is 39.2 Å². The zero-order valence-electron chi connectivity index (χ0n) is 14.1. The molecule has 0 aliphatic rings. The number of hydrogen-bond acceptors (Lipinski definition) is 3. The topological polar surface area (TPSA) is 87.8 Å². The fraction of sp³-hybridized carbons (Fsp3) is 0.533. The van der Waals surface area contributed by atoms with Crippen LogP contribution in [-0.4, -0.2) is 44.6 Å². The molecule has 0 bridgehead atoms. The Morgan fingerprint density at radius 2 is 2.08 bits per heavy atom. The molecule has 1 rings (SSSR count). The van der Waals surface area contributed by atoms with Crippen molar-refractivity contribution in [3.05, 3.63) is 33.8 Å². The Morgan fingerprint density at radius 1 is 1.42 bits per heavy atom. The van der Waals surface area contributed by atoms with E-state index in [0.717, 1.165) is 5.56 Å². The monoisotopic (exact) mass is 394 g/mol. The van der Waals surface area contributed by atoms with Crippen LogP contribution in [0.1, 0.15) is 31.9 Å². The Morgan fingerprint density at radius 3 is 2.62 bits per heavy atom. The van der Waals surface area contributed by atoms with E-state index in [9.17, 15) is 8.42 Å². The van der Waals surface area contributed by atoms with Crippen LogP contribution in [0.2, 0.25) is 10.0 Å². The van der Waals surface area contributed by atoms with Crippen molar-refractivity contribution in [3.63, 3.8) is 0 Å². The number of aliphatic imine (C=N–C) groups is 1. The first kappa shape index (κ1) is 21.0. The van der Waals surface area contributed by atoms with Gasteiger partial charge in [-0.15, -0.1) is 0 Å². The number of guanidine groups is 1. The first-order valence-electron chi connectivity index (χ1n) is 7.61. The maximum Gasteiger partial charge on any atom is 0.211 e. The predicted octanol–water partition coefficient (Wildman–Crippen LogP) is 2.63. The van der Waals surface area contributed by atoms with Gasteiger partial charge in [-0.25, -0.2) is 12.7 Å². The largest absolute Gasteiger partial charge is 0.370 e. The van der Waals surface area contributed by atoms with Gasteiger partial charge in [-0.2, -0.15) is 0 Å². The SMILES string of the molecule is CCN(CCCN=C(N)NC(C)c1ccc(Cl)cc1Cl)S(C)(=O)=O. The molecule has 0 aromatic heterocycles. The van der Waals surface area contributed by atoms with E-state index in [1.165, 1.54) is 10.6 Å². The summed E-state index contributed by atoms with van der Waals surface area (Å²) < 4.78 is 24.4. The van der Waals surface area contributed by atoms with Gasteiger partial charge in [0.1, 0.15) is 0 Å². The lowest BCUT2D eigenvalue weighted by Crippen LogP contribution is -2.34. The first-order valence-corrected chi connectivity index (χ1v) is 10.2. The van der Waals surface area contributed by atoms with E-state index < -0.39 is 10.0 Å². The third-order valence-electron chi connectivity index (χ3n) is 3.46. The number of nitrogens with one attached hydrogen (secondary N) is 1. The molecule has 24 heavy (non-hydrogen) atoms. The van der Waals surface area contributed by atoms with Crippen molar-refractivity contribution in [1.82, 2.24) is 9.62 Å². The van der Waals surface area contributed by atoms with Crippen LogP contribution in [0, 0.1) is 0 Å². The van der Waals surface area contributed by atoms with Gasteiger partial charge in [0, 0.05) is 29.7 Å². The molecule has 0 fully saturated rings. The number of halogens is 2. The second-order valence-electron chi connectivity index (χ2n) is 5.41. The minimum Gasteiger partial charge on any atom is -0.370 e. The molecule has 0 spiro atoms. The van der Waals surface area contributed by atoms with Crippen molar-refractivity contribution in [1.29, 1.82) is 0 Å². The normalized spacial score (nSPS) is 14.0. The molecule has 1 aromatic carbocycles. The summed E-state index contributed by atoms with van der Waals surface area (Å²) in [5.41, 5.74) is 6.73. The van der Waals surface area contributed by atoms with Gasteiger partial charge in [0.15, 0.2) is 5.96 Å². The van der Waals surface area contributed by atoms with Crippen molar-refractivity contribution in [3.8, 4) is 0 Å². The molecule has 0 aliphatic heterocycles. The lowest BCUT2D eigenvalue weighted by Gasteiger charge is -2.18. The lowest BCUT2D eigenvalue weighted by molar-refractivity contribution is 0.427. The van der Waals surface area contributed by atoms with E-state index >= 15 is 0 Å². The third kappa shape index (κ3) is 6.84. The summed E-state index contributed by atoms with van der Waals surface area (Å²) in [6, 6.07) is 5.15. The summed E-state index contributed by atoms with van der Waals surface area (Å²) >= 11 is 12.0. The summed E-state index contributed by atoms with van der Waals surface area (Å²) in [4.78, 5) is 4.22. The fourth-order valence-electron chi connectivity index (χ4n) is 2.20. The van der Waals surface area contributed by atoms with Crippen LogP contribution in [0.4, 0.5) is 0 Å². The van der Waals surface area contributed by atoms with Crippen LogP contribution in [0.5, 0.6) is 0 Å². The van der Waals surface area contributed by atoms with E-state index in [1.54, 1.807) is 19.1 Å². The zero-order valence-corrected chi connectivity index (χ0v) is 16.4. The number of nitrogens with two attached hydrogens (primary N) is 1. The zero-order chi connectivity index (χ0) is 18.3. The van der Waals surface area contributed by atoms with Gasteiger partial charge in [0.25, 0.3) is 0 Å². The molecule has 0 saturated carbocycles. The molecule has 1 aromatic rings. The average molecular weight is 395 g/mol. The first-order chi connectivity index (χ1) is 11.1. The smallest absolute Gasteiger partial charge is 0.211 e. The quantitative estimate of drug-likeness (QED) is 0.402. The van der Waals surface area contributed by atoms with Gasteiger partial charge in [-0.05, 0) is 31.0 Å². The predicted molar refractivity (Wildman–Crippen MR) is 101 cm³/mol. The molecule has 1 atom stereocenters. The van der Waals surface area contributed by atoms with Gasteiger partial charge in [0.2, 0.25) is 10.0 Å². The summed E-state index contributed by atoms with van der Waals surface area (Å²) in [5, 5.41) is 4.19. The highest BCUT2D eigenvalue weighted by atomic mass is 35.5. The highest BCUT2D eigenvalue weighted by Gasteiger charge is 2.13. The molecule has 0 heterocycles. The van der Waals surface area contributed by atoms with Crippen molar-refractivity contribution in [2.45, 2.75) is 26.3 Å². The Labute approximate surface area is 154 Å². The van der Waals surface area contributed by atoms with Gasteiger partial charge < -0.3 is 11.1 Å². The van der Waals surface area contributed by atoms with Crippen LogP contribution in [0.3, 0.4) is 0 Å². The van der Waals surface area contributed by atoms with Crippen LogP contribution in [0.25, 0.3) is 0 Å². The van der Waals surface area contributed by atoms with Gasteiger partial charge in [0.05, 0.1) is 12.3 Å². The molecular formula is C15H24Cl2N4O2S. The standard InChI is InChI=1S/C15H24Cl2N4O2S/c1-4-21(24(3,22)23)9-5-8-19-15(18)20-11(2)13-7-6-12(16)10-14(13)17/h6-7,10-11H,4-5,8-9H2,1-3H3,(H3,18,19,20). The van der Waals surface area contributed by atoms with E-state index in [4.69, 9.17) is 28.9 Å². The fourth-order valence-corrected chi connectivity index (χ4v) is 3.70. The molecule has 0 aliphatic carbocycles.